The second kappa shape index (κ2) is 5.84. The van der Waals surface area contributed by atoms with Crippen LogP contribution < -0.4 is 10.6 Å². The molecule has 0 atom stereocenters. The first-order chi connectivity index (χ1) is 9.06. The van der Waals surface area contributed by atoms with Gasteiger partial charge in [-0.05, 0) is 46.2 Å². The van der Waals surface area contributed by atoms with Crippen LogP contribution in [0.5, 0.6) is 0 Å². The topological polar surface area (TPSA) is 55.0 Å². The van der Waals surface area contributed by atoms with Gasteiger partial charge in [-0.1, -0.05) is 0 Å². The van der Waals surface area contributed by atoms with Crippen LogP contribution in [0.15, 0.2) is 6.33 Å². The van der Waals surface area contributed by atoms with E-state index in [0.29, 0.717) is 12.6 Å². The first kappa shape index (κ1) is 14.2. The summed E-state index contributed by atoms with van der Waals surface area (Å²) in [4.78, 5) is 13.7. The summed E-state index contributed by atoms with van der Waals surface area (Å²) in [7, 11) is 0. The largest absolute Gasteiger partial charge is 0.353 e. The quantitative estimate of drug-likeness (QED) is 0.913. The molecule has 4 nitrogen and oxygen atoms in total. The molecule has 0 spiro atoms. The van der Waals surface area contributed by atoms with Crippen LogP contribution in [-0.2, 0) is 0 Å². The van der Waals surface area contributed by atoms with Crippen molar-refractivity contribution in [3.05, 3.63) is 16.8 Å². The highest BCUT2D eigenvalue weighted by Crippen LogP contribution is 2.34. The van der Waals surface area contributed by atoms with Crippen molar-refractivity contribution >= 4 is 27.4 Å². The Labute approximate surface area is 118 Å². The highest BCUT2D eigenvalue weighted by atomic mass is 32.1. The van der Waals surface area contributed by atoms with Gasteiger partial charge in [0.25, 0.3) is 0 Å². The van der Waals surface area contributed by atoms with E-state index in [4.69, 9.17) is 5.73 Å². The maximum Gasteiger partial charge on any atom is 0.141 e. The third-order valence-corrected chi connectivity index (χ3v) is 4.56. The molecular formula is C14H22N4S. The van der Waals surface area contributed by atoms with Gasteiger partial charge in [-0.25, -0.2) is 9.97 Å². The molecule has 2 N–H and O–H groups in total. The van der Waals surface area contributed by atoms with Gasteiger partial charge >= 0.3 is 0 Å². The summed E-state index contributed by atoms with van der Waals surface area (Å²) in [6.07, 6.45) is 2.65. The zero-order valence-corrected chi connectivity index (χ0v) is 12.9. The van der Waals surface area contributed by atoms with Crippen LogP contribution in [0.4, 0.5) is 5.82 Å². The first-order valence-corrected chi connectivity index (χ1v) is 7.55. The predicted molar refractivity (Wildman–Crippen MR) is 83.0 cm³/mol. The lowest BCUT2D eigenvalue weighted by Gasteiger charge is -2.28. The Morgan fingerprint density at radius 2 is 2.05 bits per heavy atom. The van der Waals surface area contributed by atoms with Crippen LogP contribution in [-0.4, -0.2) is 29.1 Å². The van der Waals surface area contributed by atoms with Crippen molar-refractivity contribution < 1.29 is 0 Å². The van der Waals surface area contributed by atoms with Crippen LogP contribution in [0.2, 0.25) is 0 Å². The lowest BCUT2D eigenvalue weighted by molar-refractivity contribution is 0.651. The molecule has 0 unspecified atom stereocenters. The minimum atomic E-state index is 0.407. The molecule has 5 heteroatoms. The van der Waals surface area contributed by atoms with E-state index in [1.807, 2.05) is 0 Å². The average Bonchev–Trinajstić information content (AvgIpc) is 2.66. The number of rotatable bonds is 5. The monoisotopic (exact) mass is 278 g/mol. The molecule has 19 heavy (non-hydrogen) atoms. The molecule has 0 saturated carbocycles. The molecule has 2 heterocycles. The molecule has 0 bridgehead atoms. The van der Waals surface area contributed by atoms with E-state index in [0.717, 1.165) is 23.6 Å². The molecule has 0 amide bonds. The Morgan fingerprint density at radius 3 is 2.68 bits per heavy atom. The van der Waals surface area contributed by atoms with E-state index in [9.17, 15) is 0 Å². The maximum absolute atomic E-state index is 5.64. The van der Waals surface area contributed by atoms with Crippen LogP contribution in [0.3, 0.4) is 0 Å². The Balaban J connectivity index is 2.52. The van der Waals surface area contributed by atoms with E-state index in [2.05, 4.69) is 42.6 Å². The number of hydrogen-bond donors (Lipinski definition) is 1. The number of fused-ring (bicyclic) bond motifs is 1. The second-order valence-corrected chi connectivity index (χ2v) is 6.29. The Morgan fingerprint density at radius 1 is 1.32 bits per heavy atom. The molecular weight excluding hydrogens is 256 g/mol. The molecule has 0 aliphatic heterocycles. The van der Waals surface area contributed by atoms with Crippen molar-refractivity contribution in [2.45, 2.75) is 40.2 Å². The van der Waals surface area contributed by atoms with E-state index >= 15 is 0 Å². The summed E-state index contributed by atoms with van der Waals surface area (Å²) in [5.74, 6) is 1.05. The number of nitrogens with two attached hydrogens (primary N) is 1. The highest BCUT2D eigenvalue weighted by molar-refractivity contribution is 7.18. The fourth-order valence-electron chi connectivity index (χ4n) is 2.25. The van der Waals surface area contributed by atoms with Gasteiger partial charge in [0, 0.05) is 17.5 Å². The normalized spacial score (nSPS) is 11.5. The van der Waals surface area contributed by atoms with Crippen LogP contribution in [0, 0.1) is 13.8 Å². The molecule has 0 radical (unpaired) electrons. The van der Waals surface area contributed by atoms with Gasteiger partial charge < -0.3 is 10.6 Å². The Kier molecular flexibility index (Phi) is 4.37. The lowest BCUT2D eigenvalue weighted by atomic mass is 10.2. The van der Waals surface area contributed by atoms with Gasteiger partial charge in [-0.2, -0.15) is 0 Å². The average molecular weight is 278 g/mol. The molecule has 104 valence electrons. The zero-order chi connectivity index (χ0) is 14.0. The summed E-state index contributed by atoms with van der Waals surface area (Å²) in [5, 5.41) is 1.20. The molecule has 2 aromatic rings. The number of anilines is 1. The summed E-state index contributed by atoms with van der Waals surface area (Å²) < 4.78 is 0. The van der Waals surface area contributed by atoms with E-state index in [1.54, 1.807) is 17.7 Å². The van der Waals surface area contributed by atoms with E-state index in [-0.39, 0.29) is 0 Å². The van der Waals surface area contributed by atoms with Crippen molar-refractivity contribution in [3.8, 4) is 0 Å². The molecule has 0 fully saturated rings. The van der Waals surface area contributed by atoms with Crippen LogP contribution >= 0.6 is 11.3 Å². The summed E-state index contributed by atoms with van der Waals surface area (Å²) in [6, 6.07) is 0.407. The van der Waals surface area contributed by atoms with Gasteiger partial charge in [0.1, 0.15) is 17.0 Å². The molecule has 0 aliphatic rings. The lowest BCUT2D eigenvalue weighted by Crippen LogP contribution is -2.33. The third kappa shape index (κ3) is 2.72. The molecule has 2 aromatic heterocycles. The molecule has 0 aliphatic carbocycles. The van der Waals surface area contributed by atoms with Crippen molar-refractivity contribution in [1.82, 2.24) is 9.97 Å². The second-order valence-electron chi connectivity index (χ2n) is 5.09. The number of aryl methyl sites for hydroxylation is 2. The van der Waals surface area contributed by atoms with Gasteiger partial charge in [-0.15, -0.1) is 11.3 Å². The smallest absolute Gasteiger partial charge is 0.141 e. The Hall–Kier alpha value is -1.20. The fraction of sp³-hybridized carbons (Fsp3) is 0.571. The molecule has 0 aromatic carbocycles. The van der Waals surface area contributed by atoms with Crippen LogP contribution in [0.1, 0.15) is 30.7 Å². The van der Waals surface area contributed by atoms with Gasteiger partial charge in [-0.3, -0.25) is 0 Å². The molecule has 0 saturated heterocycles. The van der Waals surface area contributed by atoms with Crippen molar-refractivity contribution in [3.63, 3.8) is 0 Å². The summed E-state index contributed by atoms with van der Waals surface area (Å²) in [5.41, 5.74) is 6.94. The minimum absolute atomic E-state index is 0.407. The number of nitrogens with zero attached hydrogens (tertiary/aromatic N) is 3. The van der Waals surface area contributed by atoms with Crippen LogP contribution in [0.25, 0.3) is 10.2 Å². The fourth-order valence-corrected chi connectivity index (χ4v) is 3.24. The number of aromatic nitrogens is 2. The van der Waals surface area contributed by atoms with Gasteiger partial charge in [0.05, 0.1) is 5.39 Å². The number of thiophene rings is 1. The number of hydrogen-bond acceptors (Lipinski definition) is 5. The predicted octanol–water partition coefficient (Wildman–Crippen LogP) is 2.87. The van der Waals surface area contributed by atoms with E-state index < -0.39 is 0 Å². The third-order valence-electron chi connectivity index (χ3n) is 3.44. The standard InChI is InChI=1S/C14H22N4S/c1-9(2)18(7-5-6-15)13-12-10(3)11(4)19-14(12)17-8-16-13/h8-9H,5-7,15H2,1-4H3. The summed E-state index contributed by atoms with van der Waals surface area (Å²) in [6.45, 7) is 10.3. The maximum atomic E-state index is 5.64. The zero-order valence-electron chi connectivity index (χ0n) is 12.1. The van der Waals surface area contributed by atoms with Crippen molar-refractivity contribution in [1.29, 1.82) is 0 Å². The highest BCUT2D eigenvalue weighted by Gasteiger charge is 2.18. The van der Waals surface area contributed by atoms with Gasteiger partial charge in [0.2, 0.25) is 0 Å². The SMILES string of the molecule is Cc1sc2ncnc(N(CCCN)C(C)C)c2c1C. The Bertz CT molecular complexity index is 562. The van der Waals surface area contributed by atoms with Crippen molar-refractivity contribution in [2.75, 3.05) is 18.0 Å². The minimum Gasteiger partial charge on any atom is -0.353 e. The summed E-state index contributed by atoms with van der Waals surface area (Å²) >= 11 is 1.74. The van der Waals surface area contributed by atoms with E-state index in [1.165, 1.54) is 15.8 Å². The van der Waals surface area contributed by atoms with Gasteiger partial charge in [0.15, 0.2) is 0 Å². The first-order valence-electron chi connectivity index (χ1n) is 6.73. The van der Waals surface area contributed by atoms with Crippen molar-refractivity contribution in [2.24, 2.45) is 5.73 Å². The molecule has 2 rings (SSSR count).